The summed E-state index contributed by atoms with van der Waals surface area (Å²) in [5, 5.41) is 22.1. The van der Waals surface area contributed by atoms with Crippen molar-refractivity contribution in [2.45, 2.75) is 63.1 Å². The topological polar surface area (TPSA) is 97.9 Å². The van der Waals surface area contributed by atoms with Gasteiger partial charge in [-0.05, 0) is 74.4 Å². The minimum Gasteiger partial charge on any atom is -0.378 e. The molecule has 3 atom stereocenters. The number of benzene rings is 2. The molecule has 264 valence electrons. The predicted molar refractivity (Wildman–Crippen MR) is 175 cm³/mol. The SMILES string of the molecule is Cn1ncc2c(Cl)ccc(-c3ccc(C#CC(C)(C)O)nc3[C@H](Cc3cc(F)cc(F)c3)NC(=O)Cn3nc(C(F)F)c4c3C(F)(F)[C@@H]3C[C@H]43)c21. The Bertz CT molecular complexity index is 2270. The zero-order valence-electron chi connectivity index (χ0n) is 27.3. The average Bonchev–Trinajstić information content (AvgIpc) is 3.53. The molecule has 0 spiro atoms. The van der Waals surface area contributed by atoms with Crippen LogP contribution < -0.4 is 5.32 Å². The second kappa shape index (κ2) is 12.4. The van der Waals surface area contributed by atoms with Crippen molar-refractivity contribution in [3.05, 3.63) is 99.2 Å². The maximum Gasteiger partial charge on any atom is 0.293 e. The molecular weight excluding hydrogens is 698 g/mol. The van der Waals surface area contributed by atoms with Crippen LogP contribution in [0.4, 0.5) is 26.3 Å². The zero-order chi connectivity index (χ0) is 36.6. The molecule has 0 aliphatic heterocycles. The Hall–Kier alpha value is -4.87. The van der Waals surface area contributed by atoms with Gasteiger partial charge in [0.1, 0.15) is 40.9 Å². The van der Waals surface area contributed by atoms with Crippen LogP contribution in [0.5, 0.6) is 0 Å². The monoisotopic (exact) mass is 726 g/mol. The average molecular weight is 727 g/mol. The van der Waals surface area contributed by atoms with Crippen molar-refractivity contribution < 1.29 is 36.2 Å². The minimum absolute atomic E-state index is 0.0552. The number of rotatable bonds is 8. The fourth-order valence-electron chi connectivity index (χ4n) is 6.86. The standard InChI is InChI=1S/C36H29ClF6N6O2/c1-35(2,51)9-8-20-4-5-21(22-6-7-26(37)24-15-44-48(3)32(22)24)30(45-20)27(12-17-10-18(38)13-19(39)11-17)46-28(50)16-49-33-29(31(47-49)34(40)41)23-14-25(23)36(33,42)43/h4-7,10-11,13,15,23,25,27,34,51H,12,14,16H2,1-3H3,(H,46,50)/t23-,25+,27-/m0/s1. The van der Waals surface area contributed by atoms with E-state index in [1.165, 1.54) is 13.8 Å². The number of aliphatic hydroxyl groups is 1. The Morgan fingerprint density at radius 1 is 1.12 bits per heavy atom. The van der Waals surface area contributed by atoms with Gasteiger partial charge in [0.05, 0.1) is 28.5 Å². The van der Waals surface area contributed by atoms with Crippen molar-refractivity contribution >= 4 is 28.4 Å². The van der Waals surface area contributed by atoms with Crippen LogP contribution >= 0.6 is 11.6 Å². The summed E-state index contributed by atoms with van der Waals surface area (Å²) < 4.78 is 89.5. The van der Waals surface area contributed by atoms with Gasteiger partial charge in [-0.15, -0.1) is 0 Å². The van der Waals surface area contributed by atoms with E-state index in [1.54, 1.807) is 42.2 Å². The molecule has 1 fully saturated rings. The Kier molecular flexibility index (Phi) is 8.42. The number of nitrogens with one attached hydrogen (secondary N) is 1. The normalized spacial score (nSPS) is 18.0. The summed E-state index contributed by atoms with van der Waals surface area (Å²) in [4.78, 5) is 18.5. The number of fused-ring (bicyclic) bond motifs is 4. The van der Waals surface area contributed by atoms with Crippen LogP contribution in [0.1, 0.15) is 72.6 Å². The zero-order valence-corrected chi connectivity index (χ0v) is 28.0. The smallest absolute Gasteiger partial charge is 0.293 e. The Labute approximate surface area is 292 Å². The molecule has 51 heavy (non-hydrogen) atoms. The van der Waals surface area contributed by atoms with Gasteiger partial charge in [-0.1, -0.05) is 23.6 Å². The first-order chi connectivity index (χ1) is 24.0. The number of hydrogen-bond donors (Lipinski definition) is 2. The van der Waals surface area contributed by atoms with Gasteiger partial charge in [0, 0.05) is 41.1 Å². The number of nitrogens with zero attached hydrogens (tertiary/aromatic N) is 5. The number of aryl methyl sites for hydroxylation is 1. The number of aromatic nitrogens is 5. The molecule has 15 heteroatoms. The lowest BCUT2D eigenvalue weighted by molar-refractivity contribution is -0.123. The first-order valence-electron chi connectivity index (χ1n) is 15.9. The quantitative estimate of drug-likeness (QED) is 0.131. The molecule has 0 bridgehead atoms. The highest BCUT2D eigenvalue weighted by molar-refractivity contribution is 6.35. The third kappa shape index (κ3) is 6.45. The predicted octanol–water partition coefficient (Wildman–Crippen LogP) is 7.13. The third-order valence-electron chi connectivity index (χ3n) is 9.05. The number of pyridine rings is 1. The summed E-state index contributed by atoms with van der Waals surface area (Å²) in [7, 11) is 1.70. The molecule has 1 amide bonds. The summed E-state index contributed by atoms with van der Waals surface area (Å²) in [6.45, 7) is 2.10. The van der Waals surface area contributed by atoms with Crippen LogP contribution in [0.15, 0.2) is 48.7 Å². The second-order valence-corrected chi connectivity index (χ2v) is 13.8. The van der Waals surface area contributed by atoms with Crippen LogP contribution in [0.25, 0.3) is 22.0 Å². The largest absolute Gasteiger partial charge is 0.378 e. The Morgan fingerprint density at radius 2 is 1.82 bits per heavy atom. The fraction of sp³-hybridized carbons (Fsp3) is 0.333. The summed E-state index contributed by atoms with van der Waals surface area (Å²) in [5.41, 5.74) is -1.07. The van der Waals surface area contributed by atoms with Crippen molar-refractivity contribution in [3.8, 4) is 23.0 Å². The first kappa shape index (κ1) is 34.6. The lowest BCUT2D eigenvalue weighted by Crippen LogP contribution is -2.35. The molecule has 5 aromatic rings. The van der Waals surface area contributed by atoms with Crippen molar-refractivity contribution in [2.24, 2.45) is 13.0 Å². The molecule has 7 rings (SSSR count). The molecule has 2 aromatic carbocycles. The van der Waals surface area contributed by atoms with Crippen molar-refractivity contribution in [1.82, 2.24) is 29.9 Å². The van der Waals surface area contributed by atoms with Gasteiger partial charge in [-0.3, -0.25) is 14.2 Å². The molecule has 0 radical (unpaired) electrons. The molecule has 2 aliphatic rings. The van der Waals surface area contributed by atoms with E-state index in [0.717, 1.165) is 12.1 Å². The molecule has 8 nitrogen and oxygen atoms in total. The lowest BCUT2D eigenvalue weighted by Gasteiger charge is -2.23. The highest BCUT2D eigenvalue weighted by Crippen LogP contribution is 2.68. The van der Waals surface area contributed by atoms with Crippen LogP contribution in [0.3, 0.4) is 0 Å². The van der Waals surface area contributed by atoms with Crippen molar-refractivity contribution in [2.75, 3.05) is 0 Å². The Balaban J connectivity index is 1.35. The maximum atomic E-state index is 15.3. The highest BCUT2D eigenvalue weighted by Gasteiger charge is 2.67. The molecular formula is C36H29ClF6N6O2. The van der Waals surface area contributed by atoms with Gasteiger partial charge in [-0.2, -0.15) is 19.0 Å². The molecule has 2 N–H and O–H groups in total. The number of hydrogen-bond acceptors (Lipinski definition) is 5. The van der Waals surface area contributed by atoms with Crippen molar-refractivity contribution in [1.29, 1.82) is 0 Å². The van der Waals surface area contributed by atoms with E-state index in [-0.39, 0.29) is 35.4 Å². The van der Waals surface area contributed by atoms with E-state index in [4.69, 9.17) is 16.6 Å². The van der Waals surface area contributed by atoms with E-state index in [9.17, 15) is 27.5 Å². The van der Waals surface area contributed by atoms with Crippen molar-refractivity contribution in [3.63, 3.8) is 0 Å². The number of amides is 1. The van der Waals surface area contributed by atoms with Gasteiger partial charge in [0.15, 0.2) is 0 Å². The molecule has 2 aliphatic carbocycles. The summed E-state index contributed by atoms with van der Waals surface area (Å²) in [5.74, 6) is -2.53. The van der Waals surface area contributed by atoms with Gasteiger partial charge in [-0.25, -0.2) is 22.5 Å². The van der Waals surface area contributed by atoms with E-state index in [0.29, 0.717) is 37.8 Å². The Morgan fingerprint density at radius 3 is 2.51 bits per heavy atom. The molecule has 3 aromatic heterocycles. The van der Waals surface area contributed by atoms with Gasteiger partial charge in [0.2, 0.25) is 5.91 Å². The minimum atomic E-state index is -3.45. The van der Waals surface area contributed by atoms with E-state index < -0.39 is 71.3 Å². The van der Waals surface area contributed by atoms with Crippen LogP contribution in [0, 0.1) is 29.4 Å². The molecule has 1 saturated carbocycles. The summed E-state index contributed by atoms with van der Waals surface area (Å²) >= 11 is 6.47. The number of carbonyl (C=O) groups excluding carboxylic acids is 1. The first-order valence-corrected chi connectivity index (χ1v) is 16.3. The second-order valence-electron chi connectivity index (χ2n) is 13.3. The van der Waals surface area contributed by atoms with E-state index in [2.05, 4.69) is 27.4 Å². The number of alkyl halides is 4. The maximum absolute atomic E-state index is 15.3. The van der Waals surface area contributed by atoms with E-state index in [1.807, 2.05) is 0 Å². The van der Waals surface area contributed by atoms with Gasteiger partial charge < -0.3 is 10.4 Å². The molecule has 0 unspecified atom stereocenters. The lowest BCUT2D eigenvalue weighted by atomic mass is 9.93. The van der Waals surface area contributed by atoms with Crippen LogP contribution in [0.2, 0.25) is 5.02 Å². The van der Waals surface area contributed by atoms with Gasteiger partial charge in [0.25, 0.3) is 12.3 Å². The highest BCUT2D eigenvalue weighted by atomic mass is 35.5. The number of carbonyl (C=O) groups is 1. The van der Waals surface area contributed by atoms with E-state index >= 15 is 8.78 Å². The van der Waals surface area contributed by atoms with Crippen LogP contribution in [-0.4, -0.2) is 41.2 Å². The fourth-order valence-corrected chi connectivity index (χ4v) is 7.06. The van der Waals surface area contributed by atoms with Crippen LogP contribution in [-0.2, 0) is 30.7 Å². The van der Waals surface area contributed by atoms with Gasteiger partial charge >= 0.3 is 0 Å². The number of halogens is 7. The molecule has 3 heterocycles. The third-order valence-corrected chi connectivity index (χ3v) is 9.38. The summed E-state index contributed by atoms with van der Waals surface area (Å²) in [6, 6.07) is 8.25. The summed E-state index contributed by atoms with van der Waals surface area (Å²) in [6.07, 6.45) is -1.75. The molecule has 0 saturated heterocycles.